The van der Waals surface area contributed by atoms with Gasteiger partial charge in [0.15, 0.2) is 0 Å². The summed E-state index contributed by atoms with van der Waals surface area (Å²) in [6.07, 6.45) is 0. The summed E-state index contributed by atoms with van der Waals surface area (Å²) in [5, 5.41) is 15.6. The summed E-state index contributed by atoms with van der Waals surface area (Å²) in [6.45, 7) is 5.43. The number of hydrogen-bond donors (Lipinski definition) is 3. The Hall–Kier alpha value is -1.59. The second-order valence-corrected chi connectivity index (χ2v) is 4.88. The third-order valence-corrected chi connectivity index (χ3v) is 3.63. The predicted molar refractivity (Wildman–Crippen MR) is 72.6 cm³/mol. The maximum absolute atomic E-state index is 11.3. The third kappa shape index (κ3) is 2.72. The average Bonchev–Trinajstić information content (AvgIpc) is 2.41. The van der Waals surface area contributed by atoms with Crippen molar-refractivity contribution in [1.82, 2.24) is 10.6 Å². The quantitative estimate of drug-likeness (QED) is 0.760. The van der Waals surface area contributed by atoms with Crippen molar-refractivity contribution in [2.75, 3.05) is 20.2 Å². The van der Waals surface area contributed by atoms with Crippen LogP contribution in [-0.4, -0.2) is 37.3 Å². The summed E-state index contributed by atoms with van der Waals surface area (Å²) in [5.74, 6) is -0.118. The van der Waals surface area contributed by atoms with Gasteiger partial charge >= 0.3 is 5.97 Å². The van der Waals surface area contributed by atoms with Gasteiger partial charge in [0, 0.05) is 18.7 Å². The summed E-state index contributed by atoms with van der Waals surface area (Å²) >= 11 is 0. The van der Waals surface area contributed by atoms with Gasteiger partial charge in [-0.05, 0) is 31.0 Å². The van der Waals surface area contributed by atoms with E-state index in [1.807, 2.05) is 26.0 Å². The van der Waals surface area contributed by atoms with Gasteiger partial charge in [0.1, 0.15) is 11.8 Å². The fraction of sp³-hybridized carbons (Fsp3) is 0.500. The first-order valence-corrected chi connectivity index (χ1v) is 6.39. The fourth-order valence-electron chi connectivity index (χ4n) is 2.44. The van der Waals surface area contributed by atoms with E-state index in [2.05, 4.69) is 10.6 Å². The lowest BCUT2D eigenvalue weighted by Crippen LogP contribution is -2.54. The Morgan fingerprint density at radius 2 is 1.89 bits per heavy atom. The SMILES string of the molecule is COc1cc(C)c(C)cc1C1NCCNC1C(=O)O. The first-order valence-electron chi connectivity index (χ1n) is 6.39. The van der Waals surface area contributed by atoms with Crippen molar-refractivity contribution in [1.29, 1.82) is 0 Å². The van der Waals surface area contributed by atoms with Crippen LogP contribution in [0.1, 0.15) is 22.7 Å². The van der Waals surface area contributed by atoms with Crippen LogP contribution in [0.15, 0.2) is 12.1 Å². The summed E-state index contributed by atoms with van der Waals surface area (Å²) in [7, 11) is 1.61. The molecule has 2 unspecified atom stereocenters. The summed E-state index contributed by atoms with van der Waals surface area (Å²) < 4.78 is 5.40. The van der Waals surface area contributed by atoms with Crippen LogP contribution in [0.4, 0.5) is 0 Å². The molecule has 1 aliphatic heterocycles. The van der Waals surface area contributed by atoms with Crippen molar-refractivity contribution in [3.05, 3.63) is 28.8 Å². The molecular formula is C14H20N2O3. The van der Waals surface area contributed by atoms with Crippen molar-refractivity contribution in [3.63, 3.8) is 0 Å². The molecule has 0 amide bonds. The van der Waals surface area contributed by atoms with Gasteiger partial charge in [-0.15, -0.1) is 0 Å². The van der Waals surface area contributed by atoms with E-state index < -0.39 is 12.0 Å². The lowest BCUT2D eigenvalue weighted by atomic mass is 9.93. The number of carboxylic acids is 1. The lowest BCUT2D eigenvalue weighted by molar-refractivity contribution is -0.140. The Morgan fingerprint density at radius 1 is 1.26 bits per heavy atom. The number of nitrogens with one attached hydrogen (secondary N) is 2. The number of piperazine rings is 1. The van der Waals surface area contributed by atoms with Crippen molar-refractivity contribution in [2.45, 2.75) is 25.9 Å². The van der Waals surface area contributed by atoms with E-state index in [1.54, 1.807) is 7.11 Å². The second-order valence-electron chi connectivity index (χ2n) is 4.88. The van der Waals surface area contributed by atoms with Crippen LogP contribution in [0, 0.1) is 13.8 Å². The molecule has 2 atom stereocenters. The highest BCUT2D eigenvalue weighted by molar-refractivity contribution is 5.75. The maximum atomic E-state index is 11.3. The van der Waals surface area contributed by atoms with E-state index in [1.165, 1.54) is 0 Å². The molecule has 1 aliphatic rings. The molecule has 104 valence electrons. The van der Waals surface area contributed by atoms with Gasteiger partial charge in [-0.3, -0.25) is 4.79 Å². The molecule has 0 saturated carbocycles. The number of rotatable bonds is 3. The molecule has 5 heteroatoms. The molecule has 0 bridgehead atoms. The van der Waals surface area contributed by atoms with Crippen LogP contribution in [0.3, 0.4) is 0 Å². The van der Waals surface area contributed by atoms with E-state index in [9.17, 15) is 9.90 Å². The number of carbonyl (C=O) groups is 1. The van der Waals surface area contributed by atoms with Gasteiger partial charge in [0.05, 0.1) is 13.2 Å². The van der Waals surface area contributed by atoms with Crippen LogP contribution in [0.25, 0.3) is 0 Å². The molecule has 1 saturated heterocycles. The Kier molecular flexibility index (Phi) is 4.07. The number of benzene rings is 1. The predicted octanol–water partition coefficient (Wildman–Crippen LogP) is 0.999. The molecule has 5 nitrogen and oxygen atoms in total. The van der Waals surface area contributed by atoms with Crippen LogP contribution < -0.4 is 15.4 Å². The Balaban J connectivity index is 2.43. The van der Waals surface area contributed by atoms with Gasteiger partial charge in [-0.1, -0.05) is 6.07 Å². The number of aryl methyl sites for hydroxylation is 2. The number of methoxy groups -OCH3 is 1. The highest BCUT2D eigenvalue weighted by atomic mass is 16.5. The van der Waals surface area contributed by atoms with Gasteiger partial charge in [-0.25, -0.2) is 0 Å². The Bertz CT molecular complexity index is 488. The van der Waals surface area contributed by atoms with Crippen molar-refractivity contribution >= 4 is 5.97 Å². The number of aliphatic carboxylic acids is 1. The molecular weight excluding hydrogens is 244 g/mol. The third-order valence-electron chi connectivity index (χ3n) is 3.63. The molecule has 0 spiro atoms. The van der Waals surface area contributed by atoms with Crippen molar-refractivity contribution in [2.24, 2.45) is 0 Å². The molecule has 3 N–H and O–H groups in total. The largest absolute Gasteiger partial charge is 0.496 e. The normalized spacial score (nSPS) is 23.1. The second kappa shape index (κ2) is 5.59. The highest BCUT2D eigenvalue weighted by Crippen LogP contribution is 2.31. The average molecular weight is 264 g/mol. The van der Waals surface area contributed by atoms with Gasteiger partial charge in [0.25, 0.3) is 0 Å². The zero-order chi connectivity index (χ0) is 14.0. The van der Waals surface area contributed by atoms with E-state index in [-0.39, 0.29) is 6.04 Å². The molecule has 2 rings (SSSR count). The molecule has 1 aromatic carbocycles. The first kappa shape index (κ1) is 13.8. The molecule has 1 fully saturated rings. The van der Waals surface area contributed by atoms with Gasteiger partial charge in [0.2, 0.25) is 0 Å². The van der Waals surface area contributed by atoms with Crippen LogP contribution >= 0.6 is 0 Å². The molecule has 0 aliphatic carbocycles. The monoisotopic (exact) mass is 264 g/mol. The summed E-state index contributed by atoms with van der Waals surface area (Å²) in [6, 6.07) is 3.06. The Morgan fingerprint density at radius 3 is 2.53 bits per heavy atom. The Labute approximate surface area is 113 Å². The number of ether oxygens (including phenoxy) is 1. The molecule has 0 aromatic heterocycles. The fourth-order valence-corrected chi connectivity index (χ4v) is 2.44. The van der Waals surface area contributed by atoms with E-state index >= 15 is 0 Å². The van der Waals surface area contributed by atoms with Crippen molar-refractivity contribution in [3.8, 4) is 5.75 Å². The first-order chi connectivity index (χ1) is 9.04. The van der Waals surface area contributed by atoms with E-state index in [0.29, 0.717) is 6.54 Å². The van der Waals surface area contributed by atoms with Gasteiger partial charge < -0.3 is 20.5 Å². The topological polar surface area (TPSA) is 70.6 Å². The molecule has 1 aromatic rings. The minimum Gasteiger partial charge on any atom is -0.496 e. The van der Waals surface area contributed by atoms with Gasteiger partial charge in [-0.2, -0.15) is 0 Å². The minimum absolute atomic E-state index is 0.277. The van der Waals surface area contributed by atoms with Crippen molar-refractivity contribution < 1.29 is 14.6 Å². The zero-order valence-electron chi connectivity index (χ0n) is 11.5. The van der Waals surface area contributed by atoms with Crippen LogP contribution in [-0.2, 0) is 4.79 Å². The van der Waals surface area contributed by atoms with Crippen LogP contribution in [0.2, 0.25) is 0 Å². The van der Waals surface area contributed by atoms with Crippen LogP contribution in [0.5, 0.6) is 5.75 Å². The standard InChI is InChI=1S/C14H20N2O3/c1-8-6-10(11(19-3)7-9(8)2)12-13(14(17)18)16-5-4-15-12/h6-7,12-13,15-16H,4-5H2,1-3H3,(H,17,18). The molecule has 1 heterocycles. The highest BCUT2D eigenvalue weighted by Gasteiger charge is 2.33. The van der Waals surface area contributed by atoms with E-state index in [4.69, 9.17) is 4.74 Å². The smallest absolute Gasteiger partial charge is 0.322 e. The summed E-state index contributed by atoms with van der Waals surface area (Å²) in [4.78, 5) is 11.3. The lowest BCUT2D eigenvalue weighted by Gasteiger charge is -2.32. The number of hydrogen-bond acceptors (Lipinski definition) is 4. The molecule has 0 radical (unpaired) electrons. The molecule has 19 heavy (non-hydrogen) atoms. The summed E-state index contributed by atoms with van der Waals surface area (Å²) in [5.41, 5.74) is 3.16. The maximum Gasteiger partial charge on any atom is 0.322 e. The number of carboxylic acid groups (broad SMARTS) is 1. The zero-order valence-corrected chi connectivity index (χ0v) is 11.5. The minimum atomic E-state index is -0.850. The van der Waals surface area contributed by atoms with E-state index in [0.717, 1.165) is 29.0 Å².